The van der Waals surface area contributed by atoms with Crippen molar-refractivity contribution >= 4 is 11.7 Å². The number of halogens is 1. The molecule has 0 unspecified atom stereocenters. The van der Waals surface area contributed by atoms with E-state index in [-0.39, 0.29) is 11.8 Å². The van der Waals surface area contributed by atoms with Crippen molar-refractivity contribution in [3.63, 3.8) is 0 Å². The van der Waals surface area contributed by atoms with Gasteiger partial charge in [0.1, 0.15) is 5.82 Å². The summed E-state index contributed by atoms with van der Waals surface area (Å²) in [4.78, 5) is 15.2. The molecule has 0 saturated carbocycles. The van der Waals surface area contributed by atoms with Crippen LogP contribution in [0.2, 0.25) is 0 Å². The topological polar surface area (TPSA) is 23.6 Å². The lowest BCUT2D eigenvalue weighted by Crippen LogP contribution is -2.41. The fourth-order valence-corrected chi connectivity index (χ4v) is 1.39. The van der Waals surface area contributed by atoms with E-state index in [4.69, 9.17) is 0 Å². The monoisotopic (exact) mass is 224 g/mol. The van der Waals surface area contributed by atoms with Gasteiger partial charge >= 0.3 is 6.03 Å². The summed E-state index contributed by atoms with van der Waals surface area (Å²) < 4.78 is 12.8. The number of nitrogens with zero attached hydrogens (tertiary/aromatic N) is 2. The van der Waals surface area contributed by atoms with Crippen molar-refractivity contribution in [2.75, 3.05) is 25.0 Å². The highest BCUT2D eigenvalue weighted by atomic mass is 19.1. The summed E-state index contributed by atoms with van der Waals surface area (Å²) in [5.41, 5.74) is 0.717. The Morgan fingerprint density at radius 3 is 2.19 bits per heavy atom. The highest BCUT2D eigenvalue weighted by Gasteiger charge is 2.16. The minimum atomic E-state index is -0.295. The quantitative estimate of drug-likeness (QED) is 0.774. The molecule has 1 rings (SSSR count). The third-order valence-electron chi connectivity index (χ3n) is 2.49. The van der Waals surface area contributed by atoms with Gasteiger partial charge < -0.3 is 4.90 Å². The molecular weight excluding hydrogens is 207 g/mol. The smallest absolute Gasteiger partial charge is 0.324 e. The van der Waals surface area contributed by atoms with Crippen molar-refractivity contribution in [3.8, 4) is 0 Å². The van der Waals surface area contributed by atoms with Gasteiger partial charge in [-0.1, -0.05) is 0 Å². The predicted molar refractivity (Wildman–Crippen MR) is 63.1 cm³/mol. The molecule has 0 fully saturated rings. The third-order valence-corrected chi connectivity index (χ3v) is 2.49. The number of benzene rings is 1. The lowest BCUT2D eigenvalue weighted by Gasteiger charge is -2.26. The molecule has 0 heterocycles. The van der Waals surface area contributed by atoms with Crippen LogP contribution in [0, 0.1) is 5.82 Å². The molecule has 0 N–H and O–H groups in total. The van der Waals surface area contributed by atoms with Crippen LogP contribution in [0.25, 0.3) is 0 Å². The molecule has 0 aliphatic heterocycles. The van der Waals surface area contributed by atoms with Crippen LogP contribution in [0.1, 0.15) is 13.8 Å². The molecule has 4 heteroatoms. The van der Waals surface area contributed by atoms with Gasteiger partial charge in [-0.05, 0) is 38.1 Å². The van der Waals surface area contributed by atoms with E-state index in [1.807, 2.05) is 13.8 Å². The molecule has 0 saturated heterocycles. The van der Waals surface area contributed by atoms with E-state index in [2.05, 4.69) is 0 Å². The molecule has 88 valence electrons. The van der Waals surface area contributed by atoms with E-state index in [1.165, 1.54) is 12.1 Å². The molecule has 16 heavy (non-hydrogen) atoms. The first-order valence-electron chi connectivity index (χ1n) is 5.38. The SMILES string of the molecule is CCN(C)C(=O)N(CC)c1ccc(F)cc1. The zero-order chi connectivity index (χ0) is 12.1. The molecule has 0 spiro atoms. The number of carbonyl (C=O) groups excluding carboxylic acids is 1. The summed E-state index contributed by atoms with van der Waals surface area (Å²) in [7, 11) is 1.74. The van der Waals surface area contributed by atoms with Crippen molar-refractivity contribution in [2.45, 2.75) is 13.8 Å². The number of carbonyl (C=O) groups is 1. The summed E-state index contributed by atoms with van der Waals surface area (Å²) in [6.45, 7) is 5.02. The van der Waals surface area contributed by atoms with Crippen LogP contribution in [0.15, 0.2) is 24.3 Å². The number of hydrogen-bond donors (Lipinski definition) is 0. The zero-order valence-corrected chi connectivity index (χ0v) is 9.90. The number of anilines is 1. The number of hydrogen-bond acceptors (Lipinski definition) is 1. The van der Waals surface area contributed by atoms with Crippen LogP contribution in [0.3, 0.4) is 0 Å². The minimum Gasteiger partial charge on any atom is -0.328 e. The second-order valence-corrected chi connectivity index (χ2v) is 3.52. The molecule has 0 aliphatic carbocycles. The average Bonchev–Trinajstić information content (AvgIpc) is 2.31. The van der Waals surface area contributed by atoms with Gasteiger partial charge in [-0.2, -0.15) is 0 Å². The van der Waals surface area contributed by atoms with Crippen molar-refractivity contribution in [3.05, 3.63) is 30.1 Å². The second kappa shape index (κ2) is 5.49. The van der Waals surface area contributed by atoms with Crippen molar-refractivity contribution in [2.24, 2.45) is 0 Å². The Labute approximate surface area is 95.5 Å². The Bertz CT molecular complexity index is 351. The minimum absolute atomic E-state index is 0.0726. The summed E-state index contributed by atoms with van der Waals surface area (Å²) in [5, 5.41) is 0. The molecule has 0 radical (unpaired) electrons. The Hall–Kier alpha value is -1.58. The fraction of sp³-hybridized carbons (Fsp3) is 0.417. The van der Waals surface area contributed by atoms with Gasteiger partial charge in [0.15, 0.2) is 0 Å². The molecule has 2 amide bonds. The average molecular weight is 224 g/mol. The maximum Gasteiger partial charge on any atom is 0.324 e. The highest BCUT2D eigenvalue weighted by molar-refractivity contribution is 5.91. The lowest BCUT2D eigenvalue weighted by molar-refractivity contribution is 0.218. The van der Waals surface area contributed by atoms with Crippen LogP contribution in [-0.4, -0.2) is 31.1 Å². The molecule has 3 nitrogen and oxygen atoms in total. The third kappa shape index (κ3) is 2.72. The number of rotatable bonds is 3. The van der Waals surface area contributed by atoms with E-state index in [0.717, 1.165) is 0 Å². The first-order chi connectivity index (χ1) is 7.60. The van der Waals surface area contributed by atoms with Gasteiger partial charge in [0.25, 0.3) is 0 Å². The first-order valence-corrected chi connectivity index (χ1v) is 5.38. The fourth-order valence-electron chi connectivity index (χ4n) is 1.39. The van der Waals surface area contributed by atoms with E-state index in [1.54, 1.807) is 29.0 Å². The second-order valence-electron chi connectivity index (χ2n) is 3.52. The van der Waals surface area contributed by atoms with Crippen LogP contribution >= 0.6 is 0 Å². The molecule has 0 bridgehead atoms. The zero-order valence-electron chi connectivity index (χ0n) is 9.90. The summed E-state index contributed by atoms with van der Waals surface area (Å²) >= 11 is 0. The highest BCUT2D eigenvalue weighted by Crippen LogP contribution is 2.15. The van der Waals surface area contributed by atoms with Gasteiger partial charge in [0.05, 0.1) is 0 Å². The Morgan fingerprint density at radius 1 is 1.19 bits per heavy atom. The van der Waals surface area contributed by atoms with Gasteiger partial charge in [-0.25, -0.2) is 9.18 Å². The van der Waals surface area contributed by atoms with E-state index >= 15 is 0 Å². The molecule has 0 aliphatic rings. The van der Waals surface area contributed by atoms with Gasteiger partial charge in [-0.3, -0.25) is 4.90 Å². The van der Waals surface area contributed by atoms with Crippen LogP contribution < -0.4 is 4.90 Å². The molecular formula is C12H17FN2O. The van der Waals surface area contributed by atoms with Crippen molar-refractivity contribution in [1.82, 2.24) is 4.90 Å². The van der Waals surface area contributed by atoms with Crippen molar-refractivity contribution in [1.29, 1.82) is 0 Å². The maximum atomic E-state index is 12.8. The van der Waals surface area contributed by atoms with Crippen LogP contribution in [0.4, 0.5) is 14.9 Å². The first kappa shape index (κ1) is 12.5. The largest absolute Gasteiger partial charge is 0.328 e. The number of urea groups is 1. The molecule has 1 aromatic carbocycles. The standard InChI is InChI=1S/C12H17FN2O/c1-4-14(3)12(16)15(5-2)11-8-6-10(13)7-9-11/h6-9H,4-5H2,1-3H3. The summed E-state index contributed by atoms with van der Waals surface area (Å²) in [6, 6.07) is 5.87. The Morgan fingerprint density at radius 2 is 1.75 bits per heavy atom. The normalized spacial score (nSPS) is 10.0. The molecule has 0 aromatic heterocycles. The van der Waals surface area contributed by atoms with E-state index in [9.17, 15) is 9.18 Å². The van der Waals surface area contributed by atoms with E-state index < -0.39 is 0 Å². The van der Waals surface area contributed by atoms with Gasteiger partial charge in [0.2, 0.25) is 0 Å². The Balaban J connectivity index is 2.90. The Kier molecular flexibility index (Phi) is 4.28. The lowest BCUT2D eigenvalue weighted by atomic mass is 10.3. The molecule has 0 atom stereocenters. The van der Waals surface area contributed by atoms with Crippen molar-refractivity contribution < 1.29 is 9.18 Å². The summed E-state index contributed by atoms with van der Waals surface area (Å²) in [5.74, 6) is -0.295. The van der Waals surface area contributed by atoms with Gasteiger partial charge in [0, 0.05) is 25.8 Å². The van der Waals surface area contributed by atoms with Crippen LogP contribution in [0.5, 0.6) is 0 Å². The maximum absolute atomic E-state index is 12.8. The van der Waals surface area contributed by atoms with Gasteiger partial charge in [-0.15, -0.1) is 0 Å². The number of amides is 2. The van der Waals surface area contributed by atoms with E-state index in [0.29, 0.717) is 18.8 Å². The predicted octanol–water partition coefficient (Wildman–Crippen LogP) is 2.72. The molecule has 1 aromatic rings. The summed E-state index contributed by atoms with van der Waals surface area (Å²) in [6.07, 6.45) is 0. The van der Waals surface area contributed by atoms with Crippen LogP contribution in [-0.2, 0) is 0 Å².